The fourth-order valence-corrected chi connectivity index (χ4v) is 1.17. The Balaban J connectivity index is 4.75. The van der Waals surface area contributed by atoms with Crippen molar-refractivity contribution >= 4 is 0 Å². The first kappa shape index (κ1) is 11.9. The van der Waals surface area contributed by atoms with Crippen LogP contribution in [-0.4, -0.2) is 21.4 Å². The number of rotatable bonds is 3. The van der Waals surface area contributed by atoms with E-state index in [1.54, 1.807) is 13.8 Å². The summed E-state index contributed by atoms with van der Waals surface area (Å²) in [7, 11) is 0. The lowest BCUT2D eigenvalue weighted by molar-refractivity contribution is -0.176. The molecule has 12 heavy (non-hydrogen) atoms. The topological polar surface area (TPSA) is 40.5 Å². The maximum atomic E-state index is 10.0. The van der Waals surface area contributed by atoms with Gasteiger partial charge in [-0.25, -0.2) is 0 Å². The zero-order chi connectivity index (χ0) is 10.2. The molecule has 0 heterocycles. The van der Waals surface area contributed by atoms with Crippen molar-refractivity contribution in [2.75, 3.05) is 0 Å². The molecule has 0 rings (SSSR count). The zero-order valence-corrected chi connectivity index (χ0v) is 9.05. The summed E-state index contributed by atoms with van der Waals surface area (Å²) in [6.45, 7) is 11.0. The van der Waals surface area contributed by atoms with Gasteiger partial charge in [-0.05, 0) is 25.7 Å². The molecule has 0 radical (unpaired) electrons. The van der Waals surface area contributed by atoms with Crippen LogP contribution >= 0.6 is 0 Å². The van der Waals surface area contributed by atoms with Crippen molar-refractivity contribution in [2.24, 2.45) is 11.8 Å². The fraction of sp³-hybridized carbons (Fsp3) is 1.00. The van der Waals surface area contributed by atoms with Crippen LogP contribution in [0.25, 0.3) is 0 Å². The third-order valence-electron chi connectivity index (χ3n) is 3.27. The summed E-state index contributed by atoms with van der Waals surface area (Å²) in [5.74, 6) is 0.102. The summed E-state index contributed by atoms with van der Waals surface area (Å²) < 4.78 is 0. The molecule has 0 aromatic heterocycles. The summed E-state index contributed by atoms with van der Waals surface area (Å²) in [5, 5.41) is 20.1. The van der Waals surface area contributed by atoms with Crippen molar-refractivity contribution in [1.82, 2.24) is 0 Å². The van der Waals surface area contributed by atoms with Crippen molar-refractivity contribution in [3.05, 3.63) is 0 Å². The predicted octanol–water partition coefficient (Wildman–Crippen LogP) is 1.80. The van der Waals surface area contributed by atoms with Crippen LogP contribution < -0.4 is 0 Å². The molecule has 0 aliphatic rings. The third-order valence-corrected chi connectivity index (χ3v) is 3.27. The molecule has 0 spiro atoms. The van der Waals surface area contributed by atoms with Crippen LogP contribution in [0.2, 0.25) is 0 Å². The van der Waals surface area contributed by atoms with Gasteiger partial charge >= 0.3 is 0 Å². The van der Waals surface area contributed by atoms with Gasteiger partial charge in [-0.15, -0.1) is 0 Å². The van der Waals surface area contributed by atoms with Gasteiger partial charge in [-0.1, -0.05) is 27.7 Å². The lowest BCUT2D eigenvalue weighted by Crippen LogP contribution is -2.56. The average Bonchev–Trinajstić information content (AvgIpc) is 1.86. The van der Waals surface area contributed by atoms with Gasteiger partial charge in [0.1, 0.15) is 0 Å². The van der Waals surface area contributed by atoms with Gasteiger partial charge in [0.05, 0.1) is 11.2 Å². The van der Waals surface area contributed by atoms with E-state index in [4.69, 9.17) is 0 Å². The molecule has 2 unspecified atom stereocenters. The minimum Gasteiger partial charge on any atom is -0.387 e. The van der Waals surface area contributed by atoms with E-state index in [-0.39, 0.29) is 11.8 Å². The lowest BCUT2D eigenvalue weighted by Gasteiger charge is -2.44. The Morgan fingerprint density at radius 1 is 0.750 bits per heavy atom. The van der Waals surface area contributed by atoms with E-state index in [9.17, 15) is 10.2 Å². The summed E-state index contributed by atoms with van der Waals surface area (Å²) in [4.78, 5) is 0. The second-order valence-corrected chi connectivity index (χ2v) is 4.60. The molecule has 2 heteroatoms. The highest BCUT2D eigenvalue weighted by molar-refractivity contribution is 4.97. The van der Waals surface area contributed by atoms with Crippen LogP contribution in [0.3, 0.4) is 0 Å². The van der Waals surface area contributed by atoms with Gasteiger partial charge < -0.3 is 10.2 Å². The van der Waals surface area contributed by atoms with E-state index < -0.39 is 11.2 Å². The van der Waals surface area contributed by atoms with Crippen molar-refractivity contribution in [2.45, 2.75) is 52.7 Å². The average molecular weight is 174 g/mol. The van der Waals surface area contributed by atoms with Gasteiger partial charge in [0.15, 0.2) is 0 Å². The van der Waals surface area contributed by atoms with Crippen LogP contribution in [0, 0.1) is 11.8 Å². The van der Waals surface area contributed by atoms with E-state index in [0.717, 1.165) is 0 Å². The molecule has 0 fully saturated rings. The standard InChI is InChI=1S/C10H22O2/c1-7(2)9(5,11)10(6,12)8(3)4/h7-8,11-12H,1-6H3. The molecule has 74 valence electrons. The molecule has 0 bridgehead atoms. The quantitative estimate of drug-likeness (QED) is 0.685. The molecule has 2 nitrogen and oxygen atoms in total. The normalized spacial score (nSPS) is 22.5. The van der Waals surface area contributed by atoms with Crippen LogP contribution in [0.15, 0.2) is 0 Å². The van der Waals surface area contributed by atoms with Crippen LogP contribution in [0.1, 0.15) is 41.5 Å². The van der Waals surface area contributed by atoms with Crippen LogP contribution in [0.4, 0.5) is 0 Å². The Labute approximate surface area is 75.6 Å². The first-order valence-electron chi connectivity index (χ1n) is 4.58. The van der Waals surface area contributed by atoms with E-state index in [2.05, 4.69) is 0 Å². The molecular formula is C10H22O2. The minimum atomic E-state index is -1.03. The van der Waals surface area contributed by atoms with E-state index in [0.29, 0.717) is 0 Å². The molecule has 0 aliphatic carbocycles. The Morgan fingerprint density at radius 2 is 0.917 bits per heavy atom. The van der Waals surface area contributed by atoms with Crippen LogP contribution in [0.5, 0.6) is 0 Å². The Hall–Kier alpha value is -0.0800. The second kappa shape index (κ2) is 3.35. The maximum Gasteiger partial charge on any atom is 0.0927 e. The number of aliphatic hydroxyl groups is 2. The molecule has 0 amide bonds. The summed E-state index contributed by atoms with van der Waals surface area (Å²) in [6.07, 6.45) is 0. The highest BCUT2D eigenvalue weighted by Gasteiger charge is 2.45. The molecule has 2 atom stereocenters. The van der Waals surface area contributed by atoms with Crippen molar-refractivity contribution in [3.8, 4) is 0 Å². The van der Waals surface area contributed by atoms with Gasteiger partial charge in [0, 0.05) is 0 Å². The SMILES string of the molecule is CC(C)C(C)(O)C(C)(O)C(C)C. The minimum absolute atomic E-state index is 0.0508. The zero-order valence-electron chi connectivity index (χ0n) is 9.05. The van der Waals surface area contributed by atoms with E-state index in [1.807, 2.05) is 27.7 Å². The smallest absolute Gasteiger partial charge is 0.0927 e. The Morgan fingerprint density at radius 3 is 1.00 bits per heavy atom. The molecule has 0 aliphatic heterocycles. The highest BCUT2D eigenvalue weighted by Crippen LogP contribution is 2.34. The molecule has 0 saturated carbocycles. The lowest BCUT2D eigenvalue weighted by atomic mass is 9.72. The Kier molecular flexibility index (Phi) is 3.32. The summed E-state index contributed by atoms with van der Waals surface area (Å²) >= 11 is 0. The molecule has 0 aromatic rings. The van der Waals surface area contributed by atoms with Crippen LogP contribution in [-0.2, 0) is 0 Å². The van der Waals surface area contributed by atoms with Crippen molar-refractivity contribution < 1.29 is 10.2 Å². The summed E-state index contributed by atoms with van der Waals surface area (Å²) in [5.41, 5.74) is -2.05. The van der Waals surface area contributed by atoms with Gasteiger partial charge in [-0.3, -0.25) is 0 Å². The largest absolute Gasteiger partial charge is 0.387 e. The molecule has 0 saturated heterocycles. The predicted molar refractivity (Wildman–Crippen MR) is 50.9 cm³/mol. The van der Waals surface area contributed by atoms with Gasteiger partial charge in [-0.2, -0.15) is 0 Å². The number of hydrogen-bond acceptors (Lipinski definition) is 2. The molecule has 0 aromatic carbocycles. The van der Waals surface area contributed by atoms with Crippen molar-refractivity contribution in [3.63, 3.8) is 0 Å². The van der Waals surface area contributed by atoms with Gasteiger partial charge in [0.25, 0.3) is 0 Å². The Bertz CT molecular complexity index is 128. The fourth-order valence-electron chi connectivity index (χ4n) is 1.17. The second-order valence-electron chi connectivity index (χ2n) is 4.60. The van der Waals surface area contributed by atoms with E-state index >= 15 is 0 Å². The highest BCUT2D eigenvalue weighted by atomic mass is 16.4. The molecular weight excluding hydrogens is 152 g/mol. The maximum absolute atomic E-state index is 10.0. The summed E-state index contributed by atoms with van der Waals surface area (Å²) in [6, 6.07) is 0. The first-order valence-corrected chi connectivity index (χ1v) is 4.58. The molecule has 2 N–H and O–H groups in total. The monoisotopic (exact) mass is 174 g/mol. The van der Waals surface area contributed by atoms with Gasteiger partial charge in [0.2, 0.25) is 0 Å². The third kappa shape index (κ3) is 1.80. The van der Waals surface area contributed by atoms with E-state index in [1.165, 1.54) is 0 Å². The first-order chi connectivity index (χ1) is 5.14. The number of hydrogen-bond donors (Lipinski definition) is 2. The van der Waals surface area contributed by atoms with Crippen molar-refractivity contribution in [1.29, 1.82) is 0 Å².